The fraction of sp³-hybridized carbons (Fsp3) is 0.400. The van der Waals surface area contributed by atoms with Gasteiger partial charge in [-0.15, -0.1) is 0 Å². The fourth-order valence-electron chi connectivity index (χ4n) is 1.12. The number of ether oxygens (including phenoxy) is 1. The molecule has 0 aliphatic carbocycles. The van der Waals surface area contributed by atoms with Crippen LogP contribution in [0.1, 0.15) is 12.8 Å². The molecule has 1 aromatic carbocycles. The smallest absolute Gasteiger partial charge is 0.389 e. The maximum absolute atomic E-state index is 13.0. The van der Waals surface area contributed by atoms with Crippen LogP contribution in [-0.4, -0.2) is 12.8 Å². The number of benzene rings is 1. The van der Waals surface area contributed by atoms with Crippen LogP contribution in [0.5, 0.6) is 5.75 Å². The number of alkyl halides is 3. The summed E-state index contributed by atoms with van der Waals surface area (Å²) in [5.74, 6) is -0.384. The number of halogens is 5. The van der Waals surface area contributed by atoms with Crippen molar-refractivity contribution in [1.82, 2.24) is 0 Å². The molecule has 1 rings (SSSR count). The van der Waals surface area contributed by atoms with Gasteiger partial charge in [0, 0.05) is 12.5 Å². The highest BCUT2D eigenvalue weighted by Crippen LogP contribution is 2.29. The monoisotopic (exact) mass is 315 g/mol. The molecule has 0 heterocycles. The maximum Gasteiger partial charge on any atom is 0.389 e. The molecule has 0 saturated carbocycles. The van der Waals surface area contributed by atoms with Crippen molar-refractivity contribution in [3.05, 3.63) is 22.4 Å². The number of anilines is 1. The molecule has 2 N–H and O–H groups in total. The third-order valence-corrected chi connectivity index (χ3v) is 2.52. The molecular formula is C10H10BrF4NO. The van der Waals surface area contributed by atoms with Crippen LogP contribution in [0.3, 0.4) is 0 Å². The van der Waals surface area contributed by atoms with E-state index in [0.717, 1.165) is 6.07 Å². The molecule has 0 fully saturated rings. The molecule has 1 aromatic rings. The Morgan fingerprint density at radius 1 is 1.29 bits per heavy atom. The third kappa shape index (κ3) is 4.80. The standard InChI is InChI=1S/C10H10BrF4NO/c11-6-4-9(8(16)5-7(6)12)17-3-1-2-10(13,14)15/h4-5H,1-3,16H2. The number of hydrogen-bond acceptors (Lipinski definition) is 2. The first-order valence-electron chi connectivity index (χ1n) is 4.73. The topological polar surface area (TPSA) is 35.2 Å². The molecule has 0 bridgehead atoms. The zero-order valence-corrected chi connectivity index (χ0v) is 10.2. The van der Waals surface area contributed by atoms with E-state index >= 15 is 0 Å². The number of rotatable bonds is 4. The minimum atomic E-state index is -4.20. The van der Waals surface area contributed by atoms with E-state index in [2.05, 4.69) is 15.9 Å². The summed E-state index contributed by atoms with van der Waals surface area (Å²) in [6.07, 6.45) is -5.29. The Balaban J connectivity index is 2.50. The van der Waals surface area contributed by atoms with Crippen molar-refractivity contribution in [3.8, 4) is 5.75 Å². The summed E-state index contributed by atoms with van der Waals surface area (Å²) in [6, 6.07) is 2.33. The fourth-order valence-corrected chi connectivity index (χ4v) is 1.45. The molecule has 0 amide bonds. The summed E-state index contributed by atoms with van der Waals surface area (Å²) in [4.78, 5) is 0. The highest BCUT2D eigenvalue weighted by atomic mass is 79.9. The van der Waals surface area contributed by atoms with Crippen LogP contribution in [0.2, 0.25) is 0 Å². The average molecular weight is 316 g/mol. The lowest BCUT2D eigenvalue weighted by Crippen LogP contribution is -2.10. The van der Waals surface area contributed by atoms with E-state index in [4.69, 9.17) is 10.5 Å². The second-order valence-electron chi connectivity index (χ2n) is 3.37. The Bertz CT molecular complexity index is 395. The van der Waals surface area contributed by atoms with Gasteiger partial charge in [0.1, 0.15) is 11.6 Å². The first-order valence-corrected chi connectivity index (χ1v) is 5.53. The van der Waals surface area contributed by atoms with Crippen LogP contribution in [-0.2, 0) is 0 Å². The second kappa shape index (κ2) is 5.57. The van der Waals surface area contributed by atoms with Crippen LogP contribution < -0.4 is 10.5 Å². The highest BCUT2D eigenvalue weighted by Gasteiger charge is 2.26. The van der Waals surface area contributed by atoms with Crippen LogP contribution in [0, 0.1) is 5.82 Å². The number of hydrogen-bond donors (Lipinski definition) is 1. The minimum absolute atomic E-state index is 0.0534. The van der Waals surface area contributed by atoms with Crippen molar-refractivity contribution in [2.45, 2.75) is 19.0 Å². The molecule has 0 saturated heterocycles. The quantitative estimate of drug-likeness (QED) is 0.519. The normalized spacial score (nSPS) is 11.6. The van der Waals surface area contributed by atoms with E-state index in [0.29, 0.717) is 0 Å². The summed E-state index contributed by atoms with van der Waals surface area (Å²) in [5, 5.41) is 0. The van der Waals surface area contributed by atoms with E-state index in [-0.39, 0.29) is 28.9 Å². The van der Waals surface area contributed by atoms with Crippen molar-refractivity contribution < 1.29 is 22.3 Å². The predicted molar refractivity (Wildman–Crippen MR) is 59.3 cm³/mol. The van der Waals surface area contributed by atoms with Gasteiger partial charge in [0.05, 0.1) is 16.8 Å². The Morgan fingerprint density at radius 2 is 1.94 bits per heavy atom. The third-order valence-electron chi connectivity index (χ3n) is 1.91. The van der Waals surface area contributed by atoms with Gasteiger partial charge in [0.2, 0.25) is 0 Å². The van der Waals surface area contributed by atoms with Gasteiger partial charge in [-0.2, -0.15) is 13.2 Å². The lowest BCUT2D eigenvalue weighted by atomic mass is 10.3. The second-order valence-corrected chi connectivity index (χ2v) is 4.23. The Kier molecular flexibility index (Phi) is 4.62. The van der Waals surface area contributed by atoms with Crippen LogP contribution in [0.25, 0.3) is 0 Å². The van der Waals surface area contributed by atoms with Crippen molar-refractivity contribution >= 4 is 21.6 Å². The van der Waals surface area contributed by atoms with Gasteiger partial charge in [-0.1, -0.05) is 0 Å². The molecule has 0 aliphatic rings. The van der Waals surface area contributed by atoms with Crippen molar-refractivity contribution in [1.29, 1.82) is 0 Å². The van der Waals surface area contributed by atoms with E-state index in [9.17, 15) is 17.6 Å². The van der Waals surface area contributed by atoms with Gasteiger partial charge in [-0.05, 0) is 28.4 Å². The van der Waals surface area contributed by atoms with Crippen molar-refractivity contribution in [3.63, 3.8) is 0 Å². The van der Waals surface area contributed by atoms with E-state index in [1.807, 2.05) is 0 Å². The van der Waals surface area contributed by atoms with Gasteiger partial charge >= 0.3 is 6.18 Å². The summed E-state index contributed by atoms with van der Waals surface area (Å²) in [6.45, 7) is -0.123. The van der Waals surface area contributed by atoms with Crippen LogP contribution in [0.4, 0.5) is 23.2 Å². The lowest BCUT2D eigenvalue weighted by Gasteiger charge is -2.10. The van der Waals surface area contributed by atoms with Gasteiger partial charge in [0.25, 0.3) is 0 Å². The van der Waals surface area contributed by atoms with Crippen molar-refractivity contribution in [2.75, 3.05) is 12.3 Å². The zero-order chi connectivity index (χ0) is 13.1. The van der Waals surface area contributed by atoms with E-state index < -0.39 is 18.4 Å². The Labute approximate surface area is 104 Å². The largest absolute Gasteiger partial charge is 0.491 e. The molecule has 96 valence electrons. The van der Waals surface area contributed by atoms with Crippen LogP contribution >= 0.6 is 15.9 Å². The molecule has 0 spiro atoms. The van der Waals surface area contributed by atoms with Crippen LogP contribution in [0.15, 0.2) is 16.6 Å². The summed E-state index contributed by atoms with van der Waals surface area (Å²) in [7, 11) is 0. The summed E-state index contributed by atoms with van der Waals surface area (Å²) in [5.41, 5.74) is 5.50. The summed E-state index contributed by atoms with van der Waals surface area (Å²) >= 11 is 2.93. The summed E-state index contributed by atoms with van der Waals surface area (Å²) < 4.78 is 53.7. The van der Waals surface area contributed by atoms with Gasteiger partial charge in [-0.25, -0.2) is 4.39 Å². The average Bonchev–Trinajstić information content (AvgIpc) is 2.18. The number of nitrogen functional groups attached to an aromatic ring is 1. The first kappa shape index (κ1) is 14.1. The Morgan fingerprint density at radius 3 is 2.53 bits per heavy atom. The molecule has 2 nitrogen and oxygen atoms in total. The molecular weight excluding hydrogens is 306 g/mol. The molecule has 0 atom stereocenters. The highest BCUT2D eigenvalue weighted by molar-refractivity contribution is 9.10. The molecule has 7 heteroatoms. The number of nitrogens with two attached hydrogens (primary N) is 1. The molecule has 0 radical (unpaired) electrons. The van der Waals surface area contributed by atoms with Gasteiger partial charge in [-0.3, -0.25) is 0 Å². The molecule has 0 aromatic heterocycles. The lowest BCUT2D eigenvalue weighted by molar-refractivity contribution is -0.136. The first-order chi connectivity index (χ1) is 7.79. The minimum Gasteiger partial charge on any atom is -0.491 e. The molecule has 0 unspecified atom stereocenters. The van der Waals surface area contributed by atoms with E-state index in [1.165, 1.54) is 6.07 Å². The van der Waals surface area contributed by atoms with Gasteiger partial charge < -0.3 is 10.5 Å². The zero-order valence-electron chi connectivity index (χ0n) is 8.65. The van der Waals surface area contributed by atoms with Crippen molar-refractivity contribution in [2.24, 2.45) is 0 Å². The predicted octanol–water partition coefficient (Wildman–Crippen LogP) is 3.89. The van der Waals surface area contributed by atoms with Gasteiger partial charge in [0.15, 0.2) is 0 Å². The maximum atomic E-state index is 13.0. The van der Waals surface area contributed by atoms with E-state index in [1.54, 1.807) is 0 Å². The molecule has 17 heavy (non-hydrogen) atoms. The Hall–Kier alpha value is -0.980. The molecule has 0 aliphatic heterocycles. The SMILES string of the molecule is Nc1cc(F)c(Br)cc1OCCCC(F)(F)F.